The molecule has 0 aliphatic heterocycles. The van der Waals surface area contributed by atoms with E-state index in [-0.39, 0.29) is 5.97 Å². The highest BCUT2D eigenvalue weighted by Gasteiger charge is 1.96. The number of benzene rings is 1. The number of hydrogen-bond donors (Lipinski definition) is 0. The molecule has 0 atom stereocenters. The molecule has 0 bridgehead atoms. The van der Waals surface area contributed by atoms with Gasteiger partial charge in [0, 0.05) is 6.42 Å². The molecule has 2 heteroatoms. The van der Waals surface area contributed by atoms with Crippen molar-refractivity contribution in [2.45, 2.75) is 19.8 Å². The highest BCUT2D eigenvalue weighted by atomic mass is 16.5. The molecule has 0 spiro atoms. The third kappa shape index (κ3) is 3.90. The van der Waals surface area contributed by atoms with E-state index in [0.29, 0.717) is 6.42 Å². The van der Waals surface area contributed by atoms with E-state index in [4.69, 9.17) is 4.74 Å². The van der Waals surface area contributed by atoms with Gasteiger partial charge in [-0.3, -0.25) is 4.79 Å². The third-order valence-corrected chi connectivity index (χ3v) is 1.71. The van der Waals surface area contributed by atoms with Crippen LogP contribution in [0.1, 0.15) is 25.3 Å². The number of rotatable bonds is 4. The summed E-state index contributed by atoms with van der Waals surface area (Å²) in [5, 5.41) is 0. The molecule has 0 saturated heterocycles. The summed E-state index contributed by atoms with van der Waals surface area (Å²) in [6, 6.07) is 9.72. The molecular weight excluding hydrogens is 176 g/mol. The van der Waals surface area contributed by atoms with Gasteiger partial charge in [-0.25, -0.2) is 0 Å². The van der Waals surface area contributed by atoms with Gasteiger partial charge in [0.05, 0.1) is 6.26 Å². The van der Waals surface area contributed by atoms with Gasteiger partial charge in [-0.05, 0) is 18.1 Å². The molecule has 2 nitrogen and oxygen atoms in total. The fourth-order valence-electron chi connectivity index (χ4n) is 1.02. The normalized spacial score (nSPS) is 10.4. The zero-order valence-electron chi connectivity index (χ0n) is 8.27. The molecule has 0 unspecified atom stereocenters. The van der Waals surface area contributed by atoms with Crippen LogP contribution in [0.25, 0.3) is 6.08 Å². The summed E-state index contributed by atoms with van der Waals surface area (Å²) >= 11 is 0. The Morgan fingerprint density at radius 1 is 1.36 bits per heavy atom. The quantitative estimate of drug-likeness (QED) is 0.539. The van der Waals surface area contributed by atoms with Gasteiger partial charge in [-0.2, -0.15) is 0 Å². The van der Waals surface area contributed by atoms with Gasteiger partial charge in [0.1, 0.15) is 0 Å². The lowest BCUT2D eigenvalue weighted by Crippen LogP contribution is -1.97. The van der Waals surface area contributed by atoms with Crippen LogP contribution < -0.4 is 0 Å². The molecular formula is C12H14O2. The first kappa shape index (κ1) is 10.5. The molecule has 1 aromatic rings. The van der Waals surface area contributed by atoms with Crippen molar-refractivity contribution in [1.82, 2.24) is 0 Å². The molecule has 1 rings (SSSR count). The maximum atomic E-state index is 11.0. The summed E-state index contributed by atoms with van der Waals surface area (Å²) in [5.74, 6) is -0.181. The summed E-state index contributed by atoms with van der Waals surface area (Å²) < 4.78 is 4.87. The van der Waals surface area contributed by atoms with Crippen LogP contribution in [0.15, 0.2) is 36.6 Å². The van der Waals surface area contributed by atoms with Gasteiger partial charge < -0.3 is 4.74 Å². The molecule has 0 saturated carbocycles. The van der Waals surface area contributed by atoms with E-state index in [2.05, 4.69) is 0 Å². The Bertz CT molecular complexity index is 301. The Balaban J connectivity index is 2.38. The minimum Gasteiger partial charge on any atom is -0.434 e. The van der Waals surface area contributed by atoms with Crippen molar-refractivity contribution in [3.63, 3.8) is 0 Å². The van der Waals surface area contributed by atoms with Crippen LogP contribution in [0.3, 0.4) is 0 Å². The van der Waals surface area contributed by atoms with Gasteiger partial charge in [0.25, 0.3) is 0 Å². The first-order valence-corrected chi connectivity index (χ1v) is 4.74. The number of carbonyl (C=O) groups is 1. The second-order valence-electron chi connectivity index (χ2n) is 2.95. The zero-order valence-corrected chi connectivity index (χ0v) is 8.27. The van der Waals surface area contributed by atoms with E-state index in [9.17, 15) is 4.79 Å². The molecule has 0 aliphatic carbocycles. The fourth-order valence-corrected chi connectivity index (χ4v) is 1.02. The molecule has 0 amide bonds. The van der Waals surface area contributed by atoms with Gasteiger partial charge in [0.15, 0.2) is 0 Å². The molecule has 1 aromatic carbocycles. The largest absolute Gasteiger partial charge is 0.434 e. The van der Waals surface area contributed by atoms with Crippen molar-refractivity contribution < 1.29 is 9.53 Å². The first-order chi connectivity index (χ1) is 6.83. The molecule has 0 heterocycles. The molecule has 0 fully saturated rings. The minimum atomic E-state index is -0.181. The molecule has 0 N–H and O–H groups in total. The van der Waals surface area contributed by atoms with Gasteiger partial charge in [0.2, 0.25) is 0 Å². The number of carbonyl (C=O) groups excluding carboxylic acids is 1. The lowest BCUT2D eigenvalue weighted by Gasteiger charge is -1.95. The van der Waals surface area contributed by atoms with Crippen molar-refractivity contribution in [2.75, 3.05) is 0 Å². The molecule has 0 aliphatic rings. The van der Waals surface area contributed by atoms with Gasteiger partial charge in [-0.1, -0.05) is 37.3 Å². The summed E-state index contributed by atoms with van der Waals surface area (Å²) in [6.07, 6.45) is 4.50. The second-order valence-corrected chi connectivity index (χ2v) is 2.95. The topological polar surface area (TPSA) is 26.3 Å². The summed E-state index contributed by atoms with van der Waals surface area (Å²) in [4.78, 5) is 11.0. The molecule has 0 radical (unpaired) electrons. The average molecular weight is 190 g/mol. The van der Waals surface area contributed by atoms with Crippen LogP contribution >= 0.6 is 0 Å². The van der Waals surface area contributed by atoms with Crippen molar-refractivity contribution in [1.29, 1.82) is 0 Å². The van der Waals surface area contributed by atoms with Gasteiger partial charge in [-0.15, -0.1) is 0 Å². The van der Waals surface area contributed by atoms with E-state index < -0.39 is 0 Å². The summed E-state index contributed by atoms with van der Waals surface area (Å²) in [6.45, 7) is 1.95. The number of hydrogen-bond acceptors (Lipinski definition) is 2. The van der Waals surface area contributed by atoms with Crippen LogP contribution in [0.5, 0.6) is 0 Å². The standard InChI is InChI=1S/C12H14O2/c1-2-6-12(13)14-10-9-11-7-4-3-5-8-11/h3-5,7-10H,2,6H2,1H3. The van der Waals surface area contributed by atoms with E-state index in [1.54, 1.807) is 6.08 Å². The SMILES string of the molecule is CCCC(=O)OC=Cc1ccccc1. The third-order valence-electron chi connectivity index (χ3n) is 1.71. The van der Waals surface area contributed by atoms with E-state index in [1.165, 1.54) is 6.26 Å². The predicted octanol–water partition coefficient (Wildman–Crippen LogP) is 3.00. The lowest BCUT2D eigenvalue weighted by molar-refractivity contribution is -0.137. The van der Waals surface area contributed by atoms with Gasteiger partial charge >= 0.3 is 5.97 Å². The van der Waals surface area contributed by atoms with E-state index >= 15 is 0 Å². The number of ether oxygens (including phenoxy) is 1. The van der Waals surface area contributed by atoms with E-state index in [1.807, 2.05) is 37.3 Å². The van der Waals surface area contributed by atoms with Crippen LogP contribution in [-0.4, -0.2) is 5.97 Å². The summed E-state index contributed by atoms with van der Waals surface area (Å²) in [5.41, 5.74) is 1.02. The predicted molar refractivity (Wildman–Crippen MR) is 56.5 cm³/mol. The van der Waals surface area contributed by atoms with Crippen molar-refractivity contribution >= 4 is 12.0 Å². The van der Waals surface area contributed by atoms with Crippen LogP contribution in [0, 0.1) is 0 Å². The van der Waals surface area contributed by atoms with Crippen LogP contribution in [-0.2, 0) is 9.53 Å². The Morgan fingerprint density at radius 3 is 2.71 bits per heavy atom. The van der Waals surface area contributed by atoms with Crippen LogP contribution in [0.2, 0.25) is 0 Å². The molecule has 14 heavy (non-hydrogen) atoms. The zero-order chi connectivity index (χ0) is 10.2. The number of esters is 1. The van der Waals surface area contributed by atoms with Crippen molar-refractivity contribution in [3.05, 3.63) is 42.2 Å². The molecule has 0 aromatic heterocycles. The average Bonchev–Trinajstić information content (AvgIpc) is 2.20. The summed E-state index contributed by atoms with van der Waals surface area (Å²) in [7, 11) is 0. The Hall–Kier alpha value is -1.57. The monoisotopic (exact) mass is 190 g/mol. The molecule has 74 valence electrons. The second kappa shape index (κ2) is 5.97. The Labute approximate surface area is 84.2 Å². The maximum absolute atomic E-state index is 11.0. The highest BCUT2D eigenvalue weighted by Crippen LogP contribution is 2.01. The minimum absolute atomic E-state index is 0.181. The highest BCUT2D eigenvalue weighted by molar-refractivity contribution is 5.70. The first-order valence-electron chi connectivity index (χ1n) is 4.74. The Kier molecular flexibility index (Phi) is 4.48. The van der Waals surface area contributed by atoms with Crippen LogP contribution in [0.4, 0.5) is 0 Å². The lowest BCUT2D eigenvalue weighted by atomic mass is 10.2. The Morgan fingerprint density at radius 2 is 2.07 bits per heavy atom. The van der Waals surface area contributed by atoms with Crippen molar-refractivity contribution in [2.24, 2.45) is 0 Å². The smallest absolute Gasteiger partial charge is 0.310 e. The van der Waals surface area contributed by atoms with Crippen molar-refractivity contribution in [3.8, 4) is 0 Å². The fraction of sp³-hybridized carbons (Fsp3) is 0.250. The maximum Gasteiger partial charge on any atom is 0.310 e. The van der Waals surface area contributed by atoms with E-state index in [0.717, 1.165) is 12.0 Å².